The summed E-state index contributed by atoms with van der Waals surface area (Å²) < 4.78 is 16.8. The SMILES string of the molecule is C=CC(COC1OC(CO)C(C)C(OC)C1O)SSc1ccccn1.CC1CCC1. The lowest BCUT2D eigenvalue weighted by Gasteiger charge is -2.42. The van der Waals surface area contributed by atoms with Crippen LogP contribution in [0.5, 0.6) is 0 Å². The second kappa shape index (κ2) is 13.7. The molecule has 8 heteroatoms. The molecule has 2 fully saturated rings. The molecule has 0 bridgehead atoms. The fourth-order valence-corrected chi connectivity index (χ4v) is 5.24. The normalized spacial score (nSPS) is 30.0. The molecule has 6 atom stereocenters. The van der Waals surface area contributed by atoms with Crippen molar-refractivity contribution in [2.45, 2.75) is 68.0 Å². The van der Waals surface area contributed by atoms with E-state index in [1.54, 1.807) is 23.1 Å². The zero-order valence-corrected chi connectivity index (χ0v) is 19.7. The highest BCUT2D eigenvalue weighted by atomic mass is 33.1. The van der Waals surface area contributed by atoms with E-state index in [0.717, 1.165) is 10.9 Å². The summed E-state index contributed by atoms with van der Waals surface area (Å²) in [5, 5.41) is 20.8. The number of pyridine rings is 1. The quantitative estimate of drug-likeness (QED) is 0.426. The predicted octanol–water partition coefficient (Wildman–Crippen LogP) is 3.93. The molecule has 1 aliphatic heterocycles. The van der Waals surface area contributed by atoms with Crippen molar-refractivity contribution in [1.29, 1.82) is 0 Å². The Bertz CT molecular complexity index is 604. The number of methoxy groups -OCH3 is 1. The fraction of sp³-hybridized carbons (Fsp3) is 0.682. The highest BCUT2D eigenvalue weighted by Gasteiger charge is 2.43. The third kappa shape index (κ3) is 7.82. The third-order valence-corrected chi connectivity index (χ3v) is 8.08. The van der Waals surface area contributed by atoms with Crippen LogP contribution in [-0.4, -0.2) is 65.4 Å². The van der Waals surface area contributed by atoms with Crippen molar-refractivity contribution in [2.24, 2.45) is 11.8 Å². The van der Waals surface area contributed by atoms with Crippen LogP contribution >= 0.6 is 21.6 Å². The van der Waals surface area contributed by atoms with Crippen molar-refractivity contribution >= 4 is 21.6 Å². The molecule has 1 saturated heterocycles. The van der Waals surface area contributed by atoms with E-state index < -0.39 is 24.6 Å². The van der Waals surface area contributed by atoms with Gasteiger partial charge in [-0.05, 0) is 28.8 Å². The van der Waals surface area contributed by atoms with Gasteiger partial charge in [0.05, 0.1) is 30.7 Å². The van der Waals surface area contributed by atoms with Crippen LogP contribution in [0, 0.1) is 11.8 Å². The summed E-state index contributed by atoms with van der Waals surface area (Å²) in [5.74, 6) is 0.934. The number of hydrogen-bond donors (Lipinski definition) is 2. The minimum Gasteiger partial charge on any atom is -0.394 e. The van der Waals surface area contributed by atoms with Gasteiger partial charge < -0.3 is 24.4 Å². The summed E-state index contributed by atoms with van der Waals surface area (Å²) in [5.41, 5.74) is 0. The number of nitrogens with zero attached hydrogens (tertiary/aromatic N) is 1. The monoisotopic (exact) mass is 457 g/mol. The molecule has 0 aromatic carbocycles. The maximum absolute atomic E-state index is 10.4. The number of aliphatic hydroxyl groups excluding tert-OH is 2. The lowest BCUT2D eigenvalue weighted by Crippen LogP contribution is -2.56. The molecule has 170 valence electrons. The first-order valence-corrected chi connectivity index (χ1v) is 12.7. The average Bonchev–Trinajstić information content (AvgIpc) is 2.75. The van der Waals surface area contributed by atoms with Crippen molar-refractivity contribution in [2.75, 3.05) is 20.3 Å². The van der Waals surface area contributed by atoms with Gasteiger partial charge in [-0.1, -0.05) is 56.0 Å². The van der Waals surface area contributed by atoms with Crippen molar-refractivity contribution in [1.82, 2.24) is 4.98 Å². The van der Waals surface area contributed by atoms with Gasteiger partial charge in [-0.15, -0.1) is 6.58 Å². The standard InChI is InChI=1S/C17H25NO5S2.C5H10/c1-4-12(24-25-14-7-5-6-8-18-14)10-22-17-15(20)16(21-3)11(2)13(9-19)23-17;1-5-3-2-4-5/h4-8,11-13,15-17,19-20H,1,9-10H2,2-3H3;5H,2-4H2,1H3. The van der Waals surface area contributed by atoms with Gasteiger partial charge in [0.1, 0.15) is 11.1 Å². The van der Waals surface area contributed by atoms with Gasteiger partial charge in [-0.2, -0.15) is 0 Å². The molecule has 30 heavy (non-hydrogen) atoms. The molecule has 1 saturated carbocycles. The van der Waals surface area contributed by atoms with Gasteiger partial charge in [0.25, 0.3) is 0 Å². The van der Waals surface area contributed by atoms with Crippen LogP contribution < -0.4 is 0 Å². The maximum Gasteiger partial charge on any atom is 0.186 e. The van der Waals surface area contributed by atoms with E-state index in [4.69, 9.17) is 14.2 Å². The average molecular weight is 458 g/mol. The third-order valence-electron chi connectivity index (χ3n) is 5.46. The Morgan fingerprint density at radius 3 is 2.60 bits per heavy atom. The zero-order chi connectivity index (χ0) is 21.9. The van der Waals surface area contributed by atoms with Gasteiger partial charge in [-0.3, -0.25) is 0 Å². The summed E-state index contributed by atoms with van der Waals surface area (Å²) in [6, 6.07) is 5.74. The lowest BCUT2D eigenvalue weighted by molar-refractivity contribution is -0.290. The number of rotatable bonds is 9. The smallest absolute Gasteiger partial charge is 0.186 e. The minimum atomic E-state index is -0.915. The van der Waals surface area contributed by atoms with E-state index in [-0.39, 0.29) is 17.8 Å². The van der Waals surface area contributed by atoms with E-state index in [1.165, 1.54) is 37.2 Å². The summed E-state index contributed by atoms with van der Waals surface area (Å²) in [6.45, 7) is 8.18. The topological polar surface area (TPSA) is 81.0 Å². The van der Waals surface area contributed by atoms with Crippen LogP contribution in [0.4, 0.5) is 0 Å². The van der Waals surface area contributed by atoms with Crippen LogP contribution in [0.1, 0.15) is 33.1 Å². The molecule has 2 heterocycles. The molecule has 6 nitrogen and oxygen atoms in total. The minimum absolute atomic E-state index is 0.00396. The first-order chi connectivity index (χ1) is 14.5. The Balaban J connectivity index is 0.000000558. The van der Waals surface area contributed by atoms with Crippen molar-refractivity contribution in [3.63, 3.8) is 0 Å². The number of aromatic nitrogens is 1. The van der Waals surface area contributed by atoms with Gasteiger partial charge in [0, 0.05) is 19.2 Å². The number of ether oxygens (including phenoxy) is 3. The van der Waals surface area contributed by atoms with Crippen LogP contribution in [0.2, 0.25) is 0 Å². The number of aliphatic hydroxyl groups is 2. The highest BCUT2D eigenvalue weighted by molar-refractivity contribution is 8.77. The van der Waals surface area contributed by atoms with Gasteiger partial charge in [0.15, 0.2) is 6.29 Å². The van der Waals surface area contributed by atoms with E-state index >= 15 is 0 Å². The summed E-state index contributed by atoms with van der Waals surface area (Å²) in [6.07, 6.45) is 5.35. The molecule has 3 rings (SSSR count). The van der Waals surface area contributed by atoms with E-state index in [0.29, 0.717) is 6.61 Å². The first kappa shape index (κ1) is 25.6. The maximum atomic E-state index is 10.4. The summed E-state index contributed by atoms with van der Waals surface area (Å²) in [7, 11) is 4.64. The lowest BCUT2D eigenvalue weighted by atomic mass is 9.88. The van der Waals surface area contributed by atoms with Crippen LogP contribution in [-0.2, 0) is 14.2 Å². The highest BCUT2D eigenvalue weighted by Crippen LogP contribution is 2.34. The fourth-order valence-electron chi connectivity index (χ4n) is 3.20. The Labute approximate surface area is 188 Å². The van der Waals surface area contributed by atoms with E-state index in [1.807, 2.05) is 25.1 Å². The largest absolute Gasteiger partial charge is 0.394 e. The Hall–Kier alpha value is -0.610. The molecule has 2 N–H and O–H groups in total. The van der Waals surface area contributed by atoms with Gasteiger partial charge in [-0.25, -0.2) is 4.98 Å². The molecule has 0 spiro atoms. The van der Waals surface area contributed by atoms with Crippen molar-refractivity contribution < 1.29 is 24.4 Å². The summed E-state index contributed by atoms with van der Waals surface area (Å²) in [4.78, 5) is 4.26. The molecular formula is C22H35NO5S2. The molecule has 1 aliphatic carbocycles. The van der Waals surface area contributed by atoms with Crippen LogP contribution in [0.15, 0.2) is 42.1 Å². The second-order valence-electron chi connectivity index (χ2n) is 7.77. The summed E-state index contributed by atoms with van der Waals surface area (Å²) >= 11 is 0. The molecule has 0 radical (unpaired) electrons. The number of hydrogen-bond acceptors (Lipinski definition) is 8. The Kier molecular flexibility index (Phi) is 11.7. The van der Waals surface area contributed by atoms with E-state index in [2.05, 4.69) is 18.5 Å². The Morgan fingerprint density at radius 1 is 1.37 bits per heavy atom. The van der Waals surface area contributed by atoms with Gasteiger partial charge in [0.2, 0.25) is 0 Å². The first-order valence-electron chi connectivity index (χ1n) is 10.5. The molecule has 1 aromatic heterocycles. The van der Waals surface area contributed by atoms with Crippen LogP contribution in [0.3, 0.4) is 0 Å². The predicted molar refractivity (Wildman–Crippen MR) is 122 cm³/mol. The molecule has 2 aliphatic rings. The Morgan fingerprint density at radius 2 is 2.10 bits per heavy atom. The van der Waals surface area contributed by atoms with Crippen LogP contribution in [0.25, 0.3) is 0 Å². The molecular weight excluding hydrogens is 422 g/mol. The molecule has 1 aromatic rings. The van der Waals surface area contributed by atoms with E-state index in [9.17, 15) is 10.2 Å². The van der Waals surface area contributed by atoms with Gasteiger partial charge >= 0.3 is 0 Å². The van der Waals surface area contributed by atoms with Crippen molar-refractivity contribution in [3.8, 4) is 0 Å². The second-order valence-corrected chi connectivity index (χ2v) is 10.2. The zero-order valence-electron chi connectivity index (χ0n) is 18.1. The van der Waals surface area contributed by atoms with Crippen molar-refractivity contribution in [3.05, 3.63) is 37.1 Å². The molecule has 6 unspecified atom stereocenters. The molecule has 0 amide bonds.